The largest absolute Gasteiger partial charge is 0.389 e. The number of anilines is 2. The van der Waals surface area contributed by atoms with E-state index in [1.165, 1.54) is 6.07 Å². The SMILES string of the molecule is Cn1ncc(NC(=O)c2nc(-c3c(F)cccc3F)sc2N)c1[C@@H]1CCC[C@H](N)C1. The molecule has 158 valence electrons. The molecule has 0 saturated heterocycles. The predicted octanol–water partition coefficient (Wildman–Crippen LogP) is 3.64. The van der Waals surface area contributed by atoms with Crippen molar-refractivity contribution in [2.75, 3.05) is 11.1 Å². The zero-order chi connectivity index (χ0) is 21.4. The number of benzene rings is 1. The minimum Gasteiger partial charge on any atom is -0.389 e. The minimum absolute atomic E-state index is 0.0120. The lowest BCUT2D eigenvalue weighted by atomic mass is 9.83. The Balaban J connectivity index is 1.61. The molecule has 1 aliphatic rings. The smallest absolute Gasteiger partial charge is 0.277 e. The Hall–Kier alpha value is -2.85. The molecule has 1 fully saturated rings. The highest BCUT2D eigenvalue weighted by molar-refractivity contribution is 7.19. The third-order valence-electron chi connectivity index (χ3n) is 5.38. The fourth-order valence-electron chi connectivity index (χ4n) is 3.99. The van der Waals surface area contributed by atoms with Crippen LogP contribution in [0.1, 0.15) is 47.8 Å². The summed E-state index contributed by atoms with van der Waals surface area (Å²) in [4.78, 5) is 17.0. The number of hydrogen-bond donors (Lipinski definition) is 3. The Morgan fingerprint density at radius 3 is 2.73 bits per heavy atom. The first-order chi connectivity index (χ1) is 14.3. The molecule has 10 heteroatoms. The lowest BCUT2D eigenvalue weighted by molar-refractivity contribution is 0.102. The van der Waals surface area contributed by atoms with Gasteiger partial charge in [0.1, 0.15) is 21.6 Å². The zero-order valence-corrected chi connectivity index (χ0v) is 17.2. The molecule has 2 atom stereocenters. The summed E-state index contributed by atoms with van der Waals surface area (Å²) in [6.45, 7) is 0. The highest BCUT2D eigenvalue weighted by atomic mass is 32.1. The maximum absolute atomic E-state index is 14.1. The second kappa shape index (κ2) is 8.11. The van der Waals surface area contributed by atoms with Crippen LogP contribution in [0, 0.1) is 11.6 Å². The number of aromatic nitrogens is 3. The van der Waals surface area contributed by atoms with E-state index in [-0.39, 0.29) is 33.2 Å². The quantitative estimate of drug-likeness (QED) is 0.583. The number of rotatable bonds is 4. The van der Waals surface area contributed by atoms with Gasteiger partial charge < -0.3 is 16.8 Å². The fraction of sp³-hybridized carbons (Fsp3) is 0.350. The molecule has 0 unspecified atom stereocenters. The third kappa shape index (κ3) is 3.80. The molecule has 2 heterocycles. The molecule has 1 amide bonds. The summed E-state index contributed by atoms with van der Waals surface area (Å²) in [6, 6.07) is 3.65. The van der Waals surface area contributed by atoms with Gasteiger partial charge in [-0.15, -0.1) is 0 Å². The van der Waals surface area contributed by atoms with Gasteiger partial charge >= 0.3 is 0 Å². The Morgan fingerprint density at radius 2 is 2.03 bits per heavy atom. The summed E-state index contributed by atoms with van der Waals surface area (Å²) in [5.74, 6) is -1.90. The number of nitrogens with one attached hydrogen (secondary N) is 1. The number of halogens is 2. The lowest BCUT2D eigenvalue weighted by Gasteiger charge is -2.27. The Bertz CT molecular complexity index is 1070. The van der Waals surface area contributed by atoms with E-state index < -0.39 is 17.5 Å². The number of carbonyl (C=O) groups is 1. The van der Waals surface area contributed by atoms with Gasteiger partial charge in [0.2, 0.25) is 0 Å². The average molecular weight is 433 g/mol. The molecule has 7 nitrogen and oxygen atoms in total. The molecular weight excluding hydrogens is 410 g/mol. The number of nitrogens with zero attached hydrogens (tertiary/aromatic N) is 3. The van der Waals surface area contributed by atoms with Gasteiger partial charge in [-0.1, -0.05) is 23.8 Å². The number of carbonyl (C=O) groups excluding carboxylic acids is 1. The fourth-order valence-corrected chi connectivity index (χ4v) is 4.87. The number of nitrogen functional groups attached to an aromatic ring is 1. The summed E-state index contributed by atoms with van der Waals surface area (Å²) in [5.41, 5.74) is 13.2. The van der Waals surface area contributed by atoms with E-state index in [1.54, 1.807) is 10.9 Å². The predicted molar refractivity (Wildman–Crippen MR) is 112 cm³/mol. The van der Waals surface area contributed by atoms with Gasteiger partial charge in [0.05, 0.1) is 23.1 Å². The number of aryl methyl sites for hydroxylation is 1. The van der Waals surface area contributed by atoms with Crippen molar-refractivity contribution in [1.29, 1.82) is 0 Å². The van der Waals surface area contributed by atoms with Crippen molar-refractivity contribution in [3.63, 3.8) is 0 Å². The third-order valence-corrected chi connectivity index (χ3v) is 6.28. The Morgan fingerprint density at radius 1 is 1.30 bits per heavy atom. The average Bonchev–Trinajstić information content (AvgIpc) is 3.24. The molecule has 5 N–H and O–H groups in total. The van der Waals surface area contributed by atoms with Crippen molar-refractivity contribution in [3.05, 3.63) is 47.4 Å². The van der Waals surface area contributed by atoms with Crippen molar-refractivity contribution in [1.82, 2.24) is 14.8 Å². The van der Waals surface area contributed by atoms with Crippen LogP contribution in [0.2, 0.25) is 0 Å². The van der Waals surface area contributed by atoms with E-state index in [0.29, 0.717) is 5.69 Å². The van der Waals surface area contributed by atoms with E-state index in [2.05, 4.69) is 15.4 Å². The molecule has 1 aromatic carbocycles. The first-order valence-corrected chi connectivity index (χ1v) is 10.5. The normalized spacial score (nSPS) is 19.1. The van der Waals surface area contributed by atoms with Crippen LogP contribution >= 0.6 is 11.3 Å². The van der Waals surface area contributed by atoms with Crippen LogP contribution in [0.4, 0.5) is 19.5 Å². The van der Waals surface area contributed by atoms with Crippen molar-refractivity contribution < 1.29 is 13.6 Å². The number of nitrogens with two attached hydrogens (primary N) is 2. The summed E-state index contributed by atoms with van der Waals surface area (Å²) < 4.78 is 29.9. The molecule has 30 heavy (non-hydrogen) atoms. The van der Waals surface area contributed by atoms with Gasteiger partial charge in [-0.25, -0.2) is 13.8 Å². The van der Waals surface area contributed by atoms with Crippen LogP contribution in [0.25, 0.3) is 10.6 Å². The highest BCUT2D eigenvalue weighted by Gasteiger charge is 2.28. The second-order valence-corrected chi connectivity index (χ2v) is 8.50. The Kier molecular flexibility index (Phi) is 5.52. The van der Waals surface area contributed by atoms with E-state index in [0.717, 1.165) is 54.8 Å². The number of hydrogen-bond acceptors (Lipinski definition) is 6. The van der Waals surface area contributed by atoms with E-state index >= 15 is 0 Å². The highest BCUT2D eigenvalue weighted by Crippen LogP contribution is 2.37. The van der Waals surface area contributed by atoms with Gasteiger partial charge in [0, 0.05) is 19.0 Å². The topological polar surface area (TPSA) is 112 Å². The molecule has 0 bridgehead atoms. The van der Waals surface area contributed by atoms with Gasteiger partial charge in [-0.3, -0.25) is 9.48 Å². The van der Waals surface area contributed by atoms with Crippen LogP contribution in [0.15, 0.2) is 24.4 Å². The van der Waals surface area contributed by atoms with E-state index in [1.807, 2.05) is 7.05 Å². The summed E-state index contributed by atoms with van der Waals surface area (Å²) >= 11 is 0.861. The van der Waals surface area contributed by atoms with Crippen molar-refractivity contribution in [2.45, 2.75) is 37.6 Å². The summed E-state index contributed by atoms with van der Waals surface area (Å²) in [6.07, 6.45) is 5.36. The minimum atomic E-state index is -0.765. The molecule has 0 aliphatic heterocycles. The summed E-state index contributed by atoms with van der Waals surface area (Å²) in [5, 5.41) is 7.17. The maximum Gasteiger partial charge on any atom is 0.277 e. The maximum atomic E-state index is 14.1. The number of thiazole rings is 1. The zero-order valence-electron chi connectivity index (χ0n) is 16.4. The first-order valence-electron chi connectivity index (χ1n) is 9.64. The second-order valence-electron chi connectivity index (χ2n) is 7.47. The van der Waals surface area contributed by atoms with Crippen LogP contribution in [-0.4, -0.2) is 26.7 Å². The standard InChI is InChI=1S/C20H22F2N6OS/c1-28-17(10-4-2-5-11(23)8-10)14(9-25-28)26-19(29)16-18(24)30-20(27-16)15-12(21)6-3-7-13(15)22/h3,6-7,9-11H,2,4-5,8,23-24H2,1H3,(H,26,29)/t10-,11+/m1/s1. The molecular formula is C20H22F2N6OS. The molecule has 2 aromatic heterocycles. The van der Waals surface area contributed by atoms with E-state index in [9.17, 15) is 13.6 Å². The van der Waals surface area contributed by atoms with Gasteiger partial charge in [-0.2, -0.15) is 5.10 Å². The molecule has 3 aromatic rings. The van der Waals surface area contributed by atoms with Crippen molar-refractivity contribution in [3.8, 4) is 10.6 Å². The molecule has 0 radical (unpaired) electrons. The van der Waals surface area contributed by atoms with Crippen LogP contribution in [-0.2, 0) is 7.05 Å². The molecule has 0 spiro atoms. The summed E-state index contributed by atoms with van der Waals surface area (Å²) in [7, 11) is 1.82. The monoisotopic (exact) mass is 432 g/mol. The number of amides is 1. The molecule has 1 saturated carbocycles. The van der Waals surface area contributed by atoms with Crippen LogP contribution in [0.5, 0.6) is 0 Å². The van der Waals surface area contributed by atoms with Crippen LogP contribution < -0.4 is 16.8 Å². The first kappa shape index (κ1) is 20.4. The molecule has 1 aliphatic carbocycles. The van der Waals surface area contributed by atoms with Crippen molar-refractivity contribution >= 4 is 27.9 Å². The Labute approximate surface area is 176 Å². The van der Waals surface area contributed by atoms with E-state index in [4.69, 9.17) is 11.5 Å². The lowest BCUT2D eigenvalue weighted by Crippen LogP contribution is -2.28. The van der Waals surface area contributed by atoms with Crippen LogP contribution in [0.3, 0.4) is 0 Å². The van der Waals surface area contributed by atoms with Crippen molar-refractivity contribution in [2.24, 2.45) is 12.8 Å². The van der Waals surface area contributed by atoms with Gasteiger partial charge in [-0.05, 0) is 31.4 Å². The van der Waals surface area contributed by atoms with Gasteiger partial charge in [0.15, 0.2) is 5.69 Å². The molecule has 4 rings (SSSR count). The van der Waals surface area contributed by atoms with Gasteiger partial charge in [0.25, 0.3) is 5.91 Å².